The first-order valence-electron chi connectivity index (χ1n) is 8.69. The van der Waals surface area contributed by atoms with Crippen molar-refractivity contribution in [3.8, 4) is 6.07 Å². The van der Waals surface area contributed by atoms with Crippen molar-refractivity contribution in [1.29, 1.82) is 5.26 Å². The number of hydrogen-bond donors (Lipinski definition) is 2. The molecule has 27 heavy (non-hydrogen) atoms. The Morgan fingerprint density at radius 3 is 2.89 bits per heavy atom. The van der Waals surface area contributed by atoms with E-state index in [9.17, 15) is 9.59 Å². The molecule has 0 unspecified atom stereocenters. The number of aromatic nitrogens is 4. The van der Waals surface area contributed by atoms with Crippen LogP contribution in [0.4, 0.5) is 0 Å². The van der Waals surface area contributed by atoms with Crippen molar-refractivity contribution in [1.82, 2.24) is 24.9 Å². The Morgan fingerprint density at radius 1 is 1.30 bits per heavy atom. The van der Waals surface area contributed by atoms with E-state index in [4.69, 9.17) is 5.26 Å². The number of pyridine rings is 2. The number of aromatic amines is 1. The van der Waals surface area contributed by atoms with Gasteiger partial charge in [0.15, 0.2) is 5.65 Å². The summed E-state index contributed by atoms with van der Waals surface area (Å²) in [4.78, 5) is 26.6. The van der Waals surface area contributed by atoms with Gasteiger partial charge in [-0.25, -0.2) is 0 Å². The summed E-state index contributed by atoms with van der Waals surface area (Å²) in [5.41, 5.74) is 2.66. The van der Waals surface area contributed by atoms with Crippen molar-refractivity contribution < 1.29 is 4.79 Å². The van der Waals surface area contributed by atoms with Gasteiger partial charge in [0.1, 0.15) is 17.5 Å². The molecular weight excluding hydrogens is 344 g/mol. The number of aryl methyl sites for hydroxylation is 1. The van der Waals surface area contributed by atoms with Gasteiger partial charge in [0.25, 0.3) is 5.56 Å². The van der Waals surface area contributed by atoms with Crippen LogP contribution in [0.5, 0.6) is 0 Å². The minimum absolute atomic E-state index is 0.0904. The lowest BCUT2D eigenvalue weighted by Crippen LogP contribution is -2.27. The highest BCUT2D eigenvalue weighted by Crippen LogP contribution is 2.14. The second-order valence-electron chi connectivity index (χ2n) is 6.31. The number of nitrogens with zero attached hydrogens (tertiary/aromatic N) is 4. The van der Waals surface area contributed by atoms with Gasteiger partial charge in [-0.05, 0) is 43.5 Å². The average Bonchev–Trinajstić information content (AvgIpc) is 3.05. The van der Waals surface area contributed by atoms with Gasteiger partial charge in [-0.1, -0.05) is 6.07 Å². The van der Waals surface area contributed by atoms with Crippen LogP contribution < -0.4 is 10.9 Å². The molecule has 3 aromatic heterocycles. The van der Waals surface area contributed by atoms with E-state index in [1.807, 2.05) is 34.9 Å². The molecule has 1 amide bonds. The number of nitrogens with one attached hydrogen (secondary N) is 2. The molecule has 3 aromatic rings. The Bertz CT molecular complexity index is 1090. The van der Waals surface area contributed by atoms with Crippen LogP contribution in [0.3, 0.4) is 0 Å². The Balaban J connectivity index is 1.56. The summed E-state index contributed by atoms with van der Waals surface area (Å²) >= 11 is 0. The average molecular weight is 364 g/mol. The van der Waals surface area contributed by atoms with Crippen LogP contribution in [0.15, 0.2) is 29.2 Å². The molecule has 0 aliphatic rings. The molecule has 8 nitrogen and oxygen atoms in total. The zero-order valence-corrected chi connectivity index (χ0v) is 15.2. The van der Waals surface area contributed by atoms with Crippen LogP contribution >= 0.6 is 0 Å². The molecule has 0 radical (unpaired) electrons. The number of amides is 1. The maximum absolute atomic E-state index is 12.2. The van der Waals surface area contributed by atoms with E-state index in [2.05, 4.69) is 20.5 Å². The highest BCUT2D eigenvalue weighted by Gasteiger charge is 2.13. The summed E-state index contributed by atoms with van der Waals surface area (Å²) in [6.45, 7) is 3.98. The summed E-state index contributed by atoms with van der Waals surface area (Å²) in [7, 11) is 0. The van der Waals surface area contributed by atoms with Gasteiger partial charge in [-0.3, -0.25) is 14.0 Å². The molecular formula is C19H20N6O2. The van der Waals surface area contributed by atoms with Gasteiger partial charge in [0.2, 0.25) is 5.91 Å². The van der Waals surface area contributed by atoms with Crippen LogP contribution in [-0.2, 0) is 17.6 Å². The predicted molar refractivity (Wildman–Crippen MR) is 99.3 cm³/mol. The summed E-state index contributed by atoms with van der Waals surface area (Å²) in [6.07, 6.45) is 3.20. The standard InChI is InChI=1S/C19H20N6O2/c1-12-14(13(2)22-19(27)15(12)11-20)6-7-18(26)21-9-8-17-24-23-16-5-3-4-10-25(16)17/h3-5,10H,6-9H2,1-2H3,(H,21,26)(H,22,27). The van der Waals surface area contributed by atoms with Gasteiger partial charge in [0.05, 0.1) is 0 Å². The smallest absolute Gasteiger partial charge is 0.266 e. The number of H-pyrrole nitrogens is 1. The molecule has 3 rings (SSSR count). The Kier molecular flexibility index (Phi) is 5.31. The van der Waals surface area contributed by atoms with Crippen LogP contribution in [0, 0.1) is 25.2 Å². The lowest BCUT2D eigenvalue weighted by Gasteiger charge is -2.11. The molecule has 2 N–H and O–H groups in total. The second kappa shape index (κ2) is 7.83. The van der Waals surface area contributed by atoms with Crippen LogP contribution in [0.2, 0.25) is 0 Å². The third kappa shape index (κ3) is 3.87. The largest absolute Gasteiger partial charge is 0.356 e. The molecule has 0 aliphatic carbocycles. The second-order valence-corrected chi connectivity index (χ2v) is 6.31. The molecule has 0 aromatic carbocycles. The summed E-state index contributed by atoms with van der Waals surface area (Å²) in [6, 6.07) is 7.60. The number of rotatable bonds is 6. The fourth-order valence-corrected chi connectivity index (χ4v) is 3.12. The molecule has 8 heteroatoms. The zero-order chi connectivity index (χ0) is 19.4. The van der Waals surface area contributed by atoms with Crippen molar-refractivity contribution in [3.05, 3.63) is 63.0 Å². The van der Waals surface area contributed by atoms with Gasteiger partial charge < -0.3 is 10.3 Å². The van der Waals surface area contributed by atoms with Crippen molar-refractivity contribution in [3.63, 3.8) is 0 Å². The van der Waals surface area contributed by atoms with E-state index >= 15 is 0 Å². The van der Waals surface area contributed by atoms with Crippen LogP contribution in [-0.4, -0.2) is 32.0 Å². The molecule has 3 heterocycles. The van der Waals surface area contributed by atoms with Crippen LogP contribution in [0.25, 0.3) is 5.65 Å². The monoisotopic (exact) mass is 364 g/mol. The van der Waals surface area contributed by atoms with Gasteiger partial charge >= 0.3 is 0 Å². The van der Waals surface area contributed by atoms with E-state index in [1.165, 1.54) is 0 Å². The first-order chi connectivity index (χ1) is 13.0. The van der Waals surface area contributed by atoms with E-state index < -0.39 is 0 Å². The third-order valence-electron chi connectivity index (χ3n) is 4.58. The number of nitriles is 1. The van der Waals surface area contributed by atoms with Crippen molar-refractivity contribution >= 4 is 11.6 Å². The third-order valence-corrected chi connectivity index (χ3v) is 4.58. The SMILES string of the molecule is Cc1[nH]c(=O)c(C#N)c(C)c1CCC(=O)NCCc1nnc2ccccn12. The molecule has 0 spiro atoms. The highest BCUT2D eigenvalue weighted by molar-refractivity contribution is 5.76. The van der Waals surface area contributed by atoms with Gasteiger partial charge in [0, 0.05) is 31.3 Å². The molecule has 138 valence electrons. The number of hydrogen-bond acceptors (Lipinski definition) is 5. The highest BCUT2D eigenvalue weighted by atomic mass is 16.1. The van der Waals surface area contributed by atoms with E-state index in [1.54, 1.807) is 13.8 Å². The van der Waals surface area contributed by atoms with E-state index in [0.29, 0.717) is 30.6 Å². The minimum atomic E-state index is -0.388. The Morgan fingerprint density at radius 2 is 2.11 bits per heavy atom. The summed E-state index contributed by atoms with van der Waals surface area (Å²) < 4.78 is 1.89. The molecule has 0 aliphatic heterocycles. The fourth-order valence-electron chi connectivity index (χ4n) is 3.12. The molecule has 0 atom stereocenters. The zero-order valence-electron chi connectivity index (χ0n) is 15.2. The molecule has 0 fully saturated rings. The fraction of sp³-hybridized carbons (Fsp3) is 0.316. The Labute approximate surface area is 155 Å². The predicted octanol–water partition coefficient (Wildman–Crippen LogP) is 1.20. The number of carbonyl (C=O) groups excluding carboxylic acids is 1. The van der Waals surface area contributed by atoms with E-state index in [0.717, 1.165) is 17.0 Å². The first-order valence-corrected chi connectivity index (χ1v) is 8.69. The molecule has 0 saturated carbocycles. The number of fused-ring (bicyclic) bond motifs is 1. The Hall–Kier alpha value is -3.47. The lowest BCUT2D eigenvalue weighted by molar-refractivity contribution is -0.121. The van der Waals surface area contributed by atoms with Crippen molar-refractivity contribution in [2.45, 2.75) is 33.1 Å². The molecule has 0 saturated heterocycles. The normalized spacial score (nSPS) is 10.7. The summed E-state index contributed by atoms with van der Waals surface area (Å²) in [5.74, 6) is 0.698. The van der Waals surface area contributed by atoms with Gasteiger partial charge in [-0.15, -0.1) is 10.2 Å². The first kappa shape index (κ1) is 18.3. The van der Waals surface area contributed by atoms with E-state index in [-0.39, 0.29) is 23.5 Å². The lowest BCUT2D eigenvalue weighted by atomic mass is 9.99. The van der Waals surface area contributed by atoms with Crippen molar-refractivity contribution in [2.75, 3.05) is 6.54 Å². The molecule has 0 bridgehead atoms. The van der Waals surface area contributed by atoms with Crippen LogP contribution in [0.1, 0.15) is 34.6 Å². The van der Waals surface area contributed by atoms with Gasteiger partial charge in [-0.2, -0.15) is 5.26 Å². The quantitative estimate of drug-likeness (QED) is 0.682. The maximum atomic E-state index is 12.2. The number of carbonyl (C=O) groups is 1. The topological polar surface area (TPSA) is 116 Å². The summed E-state index contributed by atoms with van der Waals surface area (Å²) in [5, 5.41) is 20.2. The maximum Gasteiger partial charge on any atom is 0.266 e. The minimum Gasteiger partial charge on any atom is -0.356 e. The van der Waals surface area contributed by atoms with Crippen molar-refractivity contribution in [2.24, 2.45) is 0 Å².